The van der Waals surface area contributed by atoms with Gasteiger partial charge in [0.15, 0.2) is 0 Å². The number of rotatable bonds is 0. The average Bonchev–Trinajstić information content (AvgIpc) is 1.84. The normalized spacial score (nSPS) is 20.6. The Labute approximate surface area is 73.4 Å². The molecule has 1 heterocycles. The Morgan fingerprint density at radius 2 is 1.45 bits per heavy atom. The highest BCUT2D eigenvalue weighted by Gasteiger charge is 2.10. The topological polar surface area (TPSA) is 20.3 Å². The van der Waals surface area contributed by atoms with Crippen molar-refractivity contribution in [2.24, 2.45) is 0 Å². The standard InChI is InChI=1S/C8H15NOS/c10-8(11)9-6-4-2-1-3-5-7-9/h1-7H2,(H,10,11). The van der Waals surface area contributed by atoms with Crippen molar-refractivity contribution in [3.63, 3.8) is 0 Å². The zero-order valence-electron chi connectivity index (χ0n) is 6.75. The van der Waals surface area contributed by atoms with E-state index in [4.69, 9.17) is 0 Å². The van der Waals surface area contributed by atoms with Crippen molar-refractivity contribution in [1.82, 2.24) is 4.90 Å². The van der Waals surface area contributed by atoms with Crippen LogP contribution in [0.4, 0.5) is 4.79 Å². The van der Waals surface area contributed by atoms with Crippen molar-refractivity contribution >= 4 is 17.9 Å². The van der Waals surface area contributed by atoms with Crippen molar-refractivity contribution in [3.05, 3.63) is 0 Å². The van der Waals surface area contributed by atoms with Gasteiger partial charge in [0.25, 0.3) is 5.24 Å². The fourth-order valence-corrected chi connectivity index (χ4v) is 1.64. The van der Waals surface area contributed by atoms with Gasteiger partial charge in [0.1, 0.15) is 0 Å². The molecular formula is C8H15NOS. The molecule has 3 heteroatoms. The number of carbonyl (C=O) groups excluding carboxylic acids is 1. The van der Waals surface area contributed by atoms with Gasteiger partial charge >= 0.3 is 0 Å². The summed E-state index contributed by atoms with van der Waals surface area (Å²) >= 11 is 3.81. The second-order valence-electron chi connectivity index (χ2n) is 3.04. The van der Waals surface area contributed by atoms with Crippen molar-refractivity contribution in [2.75, 3.05) is 13.1 Å². The van der Waals surface area contributed by atoms with Gasteiger partial charge < -0.3 is 4.90 Å². The molecule has 0 aliphatic carbocycles. The van der Waals surface area contributed by atoms with Crippen LogP contribution in [0.2, 0.25) is 0 Å². The molecule has 64 valence electrons. The van der Waals surface area contributed by atoms with Crippen molar-refractivity contribution in [3.8, 4) is 0 Å². The SMILES string of the molecule is O=C(S)N1CCCCCCC1. The molecule has 0 aromatic rings. The largest absolute Gasteiger partial charge is 0.334 e. The van der Waals surface area contributed by atoms with Gasteiger partial charge in [0, 0.05) is 13.1 Å². The molecule has 0 radical (unpaired) electrons. The van der Waals surface area contributed by atoms with Gasteiger partial charge in [-0.05, 0) is 12.8 Å². The van der Waals surface area contributed by atoms with E-state index in [9.17, 15) is 4.79 Å². The van der Waals surface area contributed by atoms with E-state index >= 15 is 0 Å². The maximum Gasteiger partial charge on any atom is 0.278 e. The van der Waals surface area contributed by atoms with E-state index in [1.807, 2.05) is 4.90 Å². The molecule has 2 nitrogen and oxygen atoms in total. The molecule has 0 N–H and O–H groups in total. The van der Waals surface area contributed by atoms with E-state index in [0.717, 1.165) is 25.9 Å². The molecule has 1 aliphatic rings. The maximum atomic E-state index is 10.9. The number of hydrogen-bond acceptors (Lipinski definition) is 1. The lowest BCUT2D eigenvalue weighted by atomic mass is 10.1. The Balaban J connectivity index is 2.32. The van der Waals surface area contributed by atoms with Crippen molar-refractivity contribution in [2.45, 2.75) is 32.1 Å². The Morgan fingerprint density at radius 3 is 1.91 bits per heavy atom. The summed E-state index contributed by atoms with van der Waals surface area (Å²) in [5, 5.41) is -0.0631. The Hall–Kier alpha value is -0.180. The first-order chi connectivity index (χ1) is 5.30. The summed E-state index contributed by atoms with van der Waals surface area (Å²) in [4.78, 5) is 12.7. The van der Waals surface area contributed by atoms with E-state index in [-0.39, 0.29) is 5.24 Å². The number of thiol groups is 1. The lowest BCUT2D eigenvalue weighted by Gasteiger charge is -2.22. The third kappa shape index (κ3) is 3.14. The third-order valence-corrected chi connectivity index (χ3v) is 2.41. The van der Waals surface area contributed by atoms with Crippen molar-refractivity contribution in [1.29, 1.82) is 0 Å². The average molecular weight is 173 g/mol. The van der Waals surface area contributed by atoms with Crippen LogP contribution in [0, 0.1) is 0 Å². The zero-order chi connectivity index (χ0) is 8.10. The predicted molar refractivity (Wildman–Crippen MR) is 49.0 cm³/mol. The van der Waals surface area contributed by atoms with Crippen LogP contribution in [-0.2, 0) is 0 Å². The molecule has 0 unspecified atom stereocenters. The van der Waals surface area contributed by atoms with Crippen LogP contribution in [-0.4, -0.2) is 23.2 Å². The van der Waals surface area contributed by atoms with Gasteiger partial charge in [-0.2, -0.15) is 0 Å². The Morgan fingerprint density at radius 1 is 1.00 bits per heavy atom. The number of hydrogen-bond donors (Lipinski definition) is 1. The van der Waals surface area contributed by atoms with Gasteiger partial charge in [-0.25, -0.2) is 0 Å². The minimum absolute atomic E-state index is 0.0631. The van der Waals surface area contributed by atoms with Crippen LogP contribution < -0.4 is 0 Å². The first kappa shape index (κ1) is 8.91. The summed E-state index contributed by atoms with van der Waals surface area (Å²) in [6, 6.07) is 0. The molecule has 0 aromatic carbocycles. The van der Waals surface area contributed by atoms with E-state index in [1.54, 1.807) is 0 Å². The summed E-state index contributed by atoms with van der Waals surface area (Å²) in [6.07, 6.45) is 6.14. The number of carbonyl (C=O) groups is 1. The summed E-state index contributed by atoms with van der Waals surface area (Å²) in [6.45, 7) is 1.81. The summed E-state index contributed by atoms with van der Waals surface area (Å²) in [5.74, 6) is 0. The highest BCUT2D eigenvalue weighted by atomic mass is 32.1. The Kier molecular flexibility index (Phi) is 3.77. The molecule has 0 atom stereocenters. The second kappa shape index (κ2) is 4.65. The summed E-state index contributed by atoms with van der Waals surface area (Å²) < 4.78 is 0. The zero-order valence-corrected chi connectivity index (χ0v) is 7.65. The van der Waals surface area contributed by atoms with E-state index < -0.39 is 0 Å². The summed E-state index contributed by atoms with van der Waals surface area (Å²) in [7, 11) is 0. The van der Waals surface area contributed by atoms with Crippen molar-refractivity contribution < 1.29 is 4.79 Å². The molecule has 11 heavy (non-hydrogen) atoms. The molecule has 1 rings (SSSR count). The van der Waals surface area contributed by atoms with Gasteiger partial charge in [0.2, 0.25) is 0 Å². The molecule has 1 fully saturated rings. The molecular weight excluding hydrogens is 158 g/mol. The van der Waals surface area contributed by atoms with Gasteiger partial charge in [0.05, 0.1) is 0 Å². The van der Waals surface area contributed by atoms with Crippen LogP contribution >= 0.6 is 12.6 Å². The van der Waals surface area contributed by atoms with Crippen LogP contribution in [0.15, 0.2) is 0 Å². The van der Waals surface area contributed by atoms with Gasteiger partial charge in [-0.15, -0.1) is 0 Å². The first-order valence-electron chi connectivity index (χ1n) is 4.28. The van der Waals surface area contributed by atoms with E-state index in [0.29, 0.717) is 0 Å². The predicted octanol–water partition coefficient (Wildman–Crippen LogP) is 2.30. The fraction of sp³-hybridized carbons (Fsp3) is 0.875. The number of likely N-dealkylation sites (tertiary alicyclic amines) is 1. The molecule has 0 bridgehead atoms. The molecule has 0 spiro atoms. The summed E-state index contributed by atoms with van der Waals surface area (Å²) in [5.41, 5.74) is 0. The van der Waals surface area contributed by atoms with Crippen LogP contribution in [0.1, 0.15) is 32.1 Å². The Bertz CT molecular complexity index is 130. The first-order valence-corrected chi connectivity index (χ1v) is 4.73. The van der Waals surface area contributed by atoms with Gasteiger partial charge in [-0.3, -0.25) is 4.79 Å². The monoisotopic (exact) mass is 173 g/mol. The molecule has 1 aliphatic heterocycles. The molecule has 1 saturated heterocycles. The molecule has 1 amide bonds. The van der Waals surface area contributed by atoms with E-state index in [1.165, 1.54) is 19.3 Å². The minimum Gasteiger partial charge on any atom is -0.334 e. The minimum atomic E-state index is -0.0631. The lowest BCUT2D eigenvalue weighted by molar-refractivity contribution is 0.217. The quantitative estimate of drug-likeness (QED) is 0.557. The fourth-order valence-electron chi connectivity index (χ4n) is 1.44. The highest BCUT2D eigenvalue weighted by Crippen LogP contribution is 2.11. The maximum absolute atomic E-state index is 10.9. The van der Waals surface area contributed by atoms with Gasteiger partial charge in [-0.1, -0.05) is 31.9 Å². The van der Waals surface area contributed by atoms with Crippen LogP contribution in [0.25, 0.3) is 0 Å². The van der Waals surface area contributed by atoms with Crippen LogP contribution in [0.5, 0.6) is 0 Å². The smallest absolute Gasteiger partial charge is 0.278 e. The molecule has 0 aromatic heterocycles. The third-order valence-electron chi connectivity index (χ3n) is 2.13. The van der Waals surface area contributed by atoms with E-state index in [2.05, 4.69) is 12.6 Å². The number of amides is 1. The number of nitrogens with zero attached hydrogens (tertiary/aromatic N) is 1. The lowest BCUT2D eigenvalue weighted by Crippen LogP contribution is -2.29. The second-order valence-corrected chi connectivity index (χ2v) is 3.42. The highest BCUT2D eigenvalue weighted by molar-refractivity contribution is 7.96. The molecule has 0 saturated carbocycles. The van der Waals surface area contributed by atoms with Crippen LogP contribution in [0.3, 0.4) is 0 Å².